The van der Waals surface area contributed by atoms with Crippen LogP contribution in [0.4, 0.5) is 0 Å². The van der Waals surface area contributed by atoms with Crippen molar-refractivity contribution in [3.05, 3.63) is 102 Å². The Morgan fingerprint density at radius 1 is 0.776 bits per heavy atom. The lowest BCUT2D eigenvalue weighted by Crippen LogP contribution is -2.42. The molecule has 49 heavy (non-hydrogen) atoms. The van der Waals surface area contributed by atoms with E-state index in [1.807, 2.05) is 42.5 Å². The maximum Gasteiger partial charge on any atom is 0.414 e. The van der Waals surface area contributed by atoms with Gasteiger partial charge in [-0.25, -0.2) is 27.6 Å². The van der Waals surface area contributed by atoms with Crippen LogP contribution in [-0.2, 0) is 40.4 Å². The molecule has 0 spiro atoms. The fraction of sp³-hybridized carbons (Fsp3) is 0.188. The fourth-order valence-corrected chi connectivity index (χ4v) is 5.70. The number of nitrogens with two attached hydrogens (primary N) is 1. The number of amides is 1. The lowest BCUT2D eigenvalue weighted by atomic mass is 10.0. The number of carbonyl (C=O) groups is 5. The zero-order valence-electron chi connectivity index (χ0n) is 25.8. The molecule has 17 heteroatoms. The van der Waals surface area contributed by atoms with E-state index in [1.54, 1.807) is 30.6 Å². The quantitative estimate of drug-likeness (QED) is 0.0849. The average Bonchev–Trinajstić information content (AvgIpc) is 3.07. The number of carbonyl (C=O) groups excluding carboxylic acids is 1. The van der Waals surface area contributed by atoms with Crippen molar-refractivity contribution in [2.75, 3.05) is 32.8 Å². The van der Waals surface area contributed by atoms with E-state index in [0.29, 0.717) is 30.5 Å². The minimum atomic E-state index is -3.96. The number of aromatic nitrogens is 1. The zero-order valence-corrected chi connectivity index (χ0v) is 26.7. The molecule has 0 bridgehead atoms. The van der Waals surface area contributed by atoms with Gasteiger partial charge in [0.2, 0.25) is 15.9 Å². The number of primary amides is 1. The number of hydrogen-bond acceptors (Lipinski definition) is 10. The summed E-state index contributed by atoms with van der Waals surface area (Å²) in [5.41, 5.74) is 7.67. The molecule has 0 fully saturated rings. The van der Waals surface area contributed by atoms with Gasteiger partial charge in [-0.2, -0.15) is 4.31 Å². The number of sulfonamides is 1. The molecule has 0 saturated heterocycles. The maximum absolute atomic E-state index is 13.4. The predicted molar refractivity (Wildman–Crippen MR) is 174 cm³/mol. The molecule has 0 radical (unpaired) electrons. The summed E-state index contributed by atoms with van der Waals surface area (Å²) in [6.45, 7) is 0.912. The van der Waals surface area contributed by atoms with E-state index >= 15 is 0 Å². The van der Waals surface area contributed by atoms with Crippen LogP contribution in [0.5, 0.6) is 5.75 Å². The third-order valence-electron chi connectivity index (χ3n) is 6.24. The first-order chi connectivity index (χ1) is 23.2. The number of rotatable bonds is 13. The average molecular weight is 699 g/mol. The van der Waals surface area contributed by atoms with Gasteiger partial charge in [-0.15, -0.1) is 0 Å². The summed E-state index contributed by atoms with van der Waals surface area (Å²) in [4.78, 5) is 52.2. The van der Waals surface area contributed by atoms with Crippen LogP contribution in [0, 0.1) is 0 Å². The first-order valence-corrected chi connectivity index (χ1v) is 15.7. The zero-order chi connectivity index (χ0) is 36.4. The van der Waals surface area contributed by atoms with Crippen LogP contribution in [0.3, 0.4) is 0 Å². The maximum atomic E-state index is 13.4. The van der Waals surface area contributed by atoms with Crippen LogP contribution >= 0.6 is 0 Å². The van der Waals surface area contributed by atoms with Gasteiger partial charge in [0.25, 0.3) is 0 Å². The largest absolute Gasteiger partial charge is 0.492 e. The van der Waals surface area contributed by atoms with Gasteiger partial charge in [-0.05, 0) is 29.3 Å². The van der Waals surface area contributed by atoms with Crippen molar-refractivity contribution in [3.63, 3.8) is 0 Å². The lowest BCUT2D eigenvalue weighted by molar-refractivity contribution is -0.159. The number of benzene rings is 3. The van der Waals surface area contributed by atoms with Crippen molar-refractivity contribution in [1.29, 1.82) is 0 Å². The van der Waals surface area contributed by atoms with Gasteiger partial charge in [-0.1, -0.05) is 60.7 Å². The Hall–Kier alpha value is -5.91. The van der Waals surface area contributed by atoms with E-state index in [4.69, 9.17) is 50.1 Å². The lowest BCUT2D eigenvalue weighted by Gasteiger charge is -2.22. The topological polar surface area (TPSA) is 264 Å². The molecule has 1 aromatic heterocycles. The monoisotopic (exact) mass is 698 g/mol. The number of fused-ring (bicyclic) bond motifs is 1. The highest BCUT2D eigenvalue weighted by Crippen LogP contribution is 2.25. The number of ether oxygens (including phenoxy) is 1. The molecule has 1 heterocycles. The fourth-order valence-electron chi connectivity index (χ4n) is 4.08. The normalized spacial score (nSPS) is 10.6. The van der Waals surface area contributed by atoms with Gasteiger partial charge in [-0.3, -0.25) is 9.78 Å². The minimum absolute atomic E-state index is 0.0807. The number of aliphatic carboxylic acids is 4. The molecule has 0 aliphatic rings. The van der Waals surface area contributed by atoms with E-state index < -0.39 is 46.4 Å². The van der Waals surface area contributed by atoms with Crippen LogP contribution in [0.2, 0.25) is 0 Å². The first-order valence-electron chi connectivity index (χ1n) is 14.2. The number of nitrogens with one attached hydrogen (secondary N) is 1. The summed E-state index contributed by atoms with van der Waals surface area (Å²) < 4.78 is 33.9. The number of nitrogens with zero attached hydrogens (tertiary/aromatic N) is 2. The summed E-state index contributed by atoms with van der Waals surface area (Å²) in [5, 5.41) is 34.0. The highest BCUT2D eigenvalue weighted by molar-refractivity contribution is 7.89. The Labute approximate surface area is 280 Å². The molecular formula is C32H34N4O12S. The van der Waals surface area contributed by atoms with Gasteiger partial charge in [0.15, 0.2) is 0 Å². The van der Waals surface area contributed by atoms with Crippen molar-refractivity contribution in [1.82, 2.24) is 14.6 Å². The molecule has 7 N–H and O–H groups in total. The Morgan fingerprint density at radius 3 is 2.00 bits per heavy atom. The van der Waals surface area contributed by atoms with E-state index in [-0.39, 0.29) is 11.4 Å². The van der Waals surface area contributed by atoms with Crippen LogP contribution in [0.15, 0.2) is 96.2 Å². The number of pyridine rings is 1. The molecule has 16 nitrogen and oxygen atoms in total. The summed E-state index contributed by atoms with van der Waals surface area (Å²) in [7, 11) is -3.96. The van der Waals surface area contributed by atoms with Crippen LogP contribution < -0.4 is 15.8 Å². The van der Waals surface area contributed by atoms with Crippen molar-refractivity contribution >= 4 is 50.6 Å². The van der Waals surface area contributed by atoms with E-state index in [1.165, 1.54) is 11.6 Å². The number of carboxylic acid groups (broad SMARTS) is 4. The molecule has 0 saturated carbocycles. The van der Waals surface area contributed by atoms with Crippen molar-refractivity contribution < 1.29 is 57.6 Å². The second kappa shape index (κ2) is 19.7. The Morgan fingerprint density at radius 2 is 1.39 bits per heavy atom. The second-order valence-electron chi connectivity index (χ2n) is 9.75. The molecule has 0 aliphatic heterocycles. The predicted octanol–water partition coefficient (Wildman–Crippen LogP) is 1.28. The Bertz CT molecular complexity index is 1800. The van der Waals surface area contributed by atoms with Crippen LogP contribution in [-0.4, -0.2) is 101 Å². The molecule has 4 aromatic rings. The number of carboxylic acids is 4. The Kier molecular flexibility index (Phi) is 15.8. The standard InChI is InChI=1S/C28H30N4O4S.2C2H2O4/c29-28(33)21-32(37(34,35)27-12-6-10-24-20-31-14-13-25(24)27)17-15-30-16-18-36-26-11-5-4-9-23(26)19-22-7-2-1-3-8-22;2*3-1(4)2(5)6/h1-14,20,30H,15-19,21H2,(H2,29,33);2*(H,3,4)(H,5,6). The highest BCUT2D eigenvalue weighted by Gasteiger charge is 2.27. The van der Waals surface area contributed by atoms with E-state index in [0.717, 1.165) is 22.0 Å². The smallest absolute Gasteiger partial charge is 0.414 e. The summed E-state index contributed by atoms with van der Waals surface area (Å²) in [5.74, 6) is -7.20. The molecule has 0 unspecified atom stereocenters. The highest BCUT2D eigenvalue weighted by atomic mass is 32.2. The van der Waals surface area contributed by atoms with Gasteiger partial charge in [0.1, 0.15) is 12.4 Å². The summed E-state index contributed by atoms with van der Waals surface area (Å²) >= 11 is 0. The molecule has 3 aromatic carbocycles. The van der Waals surface area contributed by atoms with Crippen LogP contribution in [0.1, 0.15) is 11.1 Å². The van der Waals surface area contributed by atoms with Crippen LogP contribution in [0.25, 0.3) is 10.8 Å². The summed E-state index contributed by atoms with van der Waals surface area (Å²) in [6.07, 6.45) is 3.92. The first kappa shape index (κ1) is 39.3. The third kappa shape index (κ3) is 13.4. The number of hydrogen-bond donors (Lipinski definition) is 6. The summed E-state index contributed by atoms with van der Waals surface area (Å²) in [6, 6.07) is 24.7. The van der Waals surface area contributed by atoms with E-state index in [2.05, 4.69) is 22.4 Å². The van der Waals surface area contributed by atoms with Crippen molar-refractivity contribution in [2.24, 2.45) is 5.73 Å². The van der Waals surface area contributed by atoms with Crippen molar-refractivity contribution in [2.45, 2.75) is 11.3 Å². The molecule has 260 valence electrons. The molecule has 0 atom stereocenters. The molecular weight excluding hydrogens is 664 g/mol. The van der Waals surface area contributed by atoms with Gasteiger partial charge in [0, 0.05) is 49.2 Å². The Balaban J connectivity index is 0.000000594. The SMILES string of the molecule is NC(=O)CN(CCNCCOc1ccccc1Cc1ccccc1)S(=O)(=O)c1cccc2cnccc12.O=C(O)C(=O)O.O=C(O)C(=O)O. The van der Waals surface area contributed by atoms with Gasteiger partial charge >= 0.3 is 23.9 Å². The molecule has 1 amide bonds. The van der Waals surface area contributed by atoms with Gasteiger partial charge < -0.3 is 36.2 Å². The minimum Gasteiger partial charge on any atom is -0.492 e. The van der Waals surface area contributed by atoms with E-state index in [9.17, 15) is 13.2 Å². The van der Waals surface area contributed by atoms with Gasteiger partial charge in [0.05, 0.1) is 11.4 Å². The van der Waals surface area contributed by atoms with Crippen molar-refractivity contribution in [3.8, 4) is 5.75 Å². The third-order valence-corrected chi connectivity index (χ3v) is 8.14. The molecule has 0 aliphatic carbocycles. The number of para-hydroxylation sites is 1. The second-order valence-corrected chi connectivity index (χ2v) is 11.7. The molecule has 4 rings (SSSR count).